The van der Waals surface area contributed by atoms with Crippen LogP contribution in [0.25, 0.3) is 0 Å². The number of anilines is 1. The fourth-order valence-electron chi connectivity index (χ4n) is 2.47. The van der Waals surface area contributed by atoms with Crippen molar-refractivity contribution in [3.8, 4) is 0 Å². The standard InChI is InChI=1S/C17H26N4O5/c1-4-20(5-2)9-8-18-14(17(23)24)11-16(22)19-13-7-6-12(3)10-15(13)21(25)26/h6-7,10,14,18H,4-5,8-9,11H2,1-3H3,(H,19,22)(H,23,24)/t14-/m1/s1. The average Bonchev–Trinajstić information content (AvgIpc) is 2.58. The van der Waals surface area contributed by atoms with Crippen molar-refractivity contribution in [3.63, 3.8) is 0 Å². The summed E-state index contributed by atoms with van der Waals surface area (Å²) in [4.78, 5) is 36.1. The Labute approximate surface area is 152 Å². The quantitative estimate of drug-likeness (QED) is 0.401. The van der Waals surface area contributed by atoms with Crippen molar-refractivity contribution in [2.24, 2.45) is 0 Å². The Kier molecular flexibility index (Phi) is 8.66. The van der Waals surface area contributed by atoms with Gasteiger partial charge >= 0.3 is 5.97 Å². The highest BCUT2D eigenvalue weighted by Crippen LogP contribution is 2.25. The molecule has 1 aromatic carbocycles. The number of carboxylic acid groups (broad SMARTS) is 1. The van der Waals surface area contributed by atoms with Gasteiger partial charge in [-0.25, -0.2) is 0 Å². The highest BCUT2D eigenvalue weighted by atomic mass is 16.6. The van der Waals surface area contributed by atoms with Crippen LogP contribution in [0.2, 0.25) is 0 Å². The van der Waals surface area contributed by atoms with Gasteiger partial charge in [0.2, 0.25) is 5.91 Å². The number of carboxylic acids is 1. The molecule has 0 fully saturated rings. The highest BCUT2D eigenvalue weighted by Gasteiger charge is 2.23. The Balaban J connectivity index is 2.68. The van der Waals surface area contributed by atoms with E-state index in [9.17, 15) is 24.8 Å². The van der Waals surface area contributed by atoms with Crippen molar-refractivity contribution in [2.75, 3.05) is 31.5 Å². The van der Waals surface area contributed by atoms with Gasteiger partial charge in [0.25, 0.3) is 5.69 Å². The van der Waals surface area contributed by atoms with Crippen LogP contribution in [-0.2, 0) is 9.59 Å². The van der Waals surface area contributed by atoms with Crippen LogP contribution in [-0.4, -0.2) is 59.0 Å². The summed E-state index contributed by atoms with van der Waals surface area (Å²) in [6.45, 7) is 8.54. The molecule has 9 nitrogen and oxygen atoms in total. The fourth-order valence-corrected chi connectivity index (χ4v) is 2.47. The fraction of sp³-hybridized carbons (Fsp3) is 0.529. The predicted molar refractivity (Wildman–Crippen MR) is 98.3 cm³/mol. The van der Waals surface area contributed by atoms with E-state index in [-0.39, 0.29) is 17.8 Å². The lowest BCUT2D eigenvalue weighted by Crippen LogP contribution is -2.43. The Bertz CT molecular complexity index is 646. The number of nitro groups is 1. The normalized spacial score (nSPS) is 12.0. The van der Waals surface area contributed by atoms with Gasteiger partial charge < -0.3 is 20.6 Å². The number of nitro benzene ring substituents is 1. The Morgan fingerprint density at radius 1 is 1.31 bits per heavy atom. The van der Waals surface area contributed by atoms with Gasteiger partial charge in [0.05, 0.1) is 11.3 Å². The molecule has 9 heteroatoms. The highest BCUT2D eigenvalue weighted by molar-refractivity contribution is 5.95. The van der Waals surface area contributed by atoms with E-state index in [2.05, 4.69) is 15.5 Å². The van der Waals surface area contributed by atoms with E-state index in [1.807, 2.05) is 13.8 Å². The minimum atomic E-state index is -1.14. The first kappa shape index (κ1) is 21.5. The van der Waals surface area contributed by atoms with Crippen molar-refractivity contribution < 1.29 is 19.6 Å². The average molecular weight is 366 g/mol. The maximum atomic E-state index is 12.1. The number of aliphatic carboxylic acids is 1. The third-order valence-corrected chi connectivity index (χ3v) is 4.02. The molecular weight excluding hydrogens is 340 g/mol. The van der Waals surface area contributed by atoms with Gasteiger partial charge in [-0.2, -0.15) is 0 Å². The zero-order valence-electron chi connectivity index (χ0n) is 15.3. The monoisotopic (exact) mass is 366 g/mol. The van der Waals surface area contributed by atoms with E-state index < -0.39 is 22.8 Å². The molecule has 0 heterocycles. The summed E-state index contributed by atoms with van der Waals surface area (Å²) in [5, 5.41) is 25.7. The topological polar surface area (TPSA) is 125 Å². The number of carbonyl (C=O) groups is 2. The first-order chi connectivity index (χ1) is 12.3. The first-order valence-corrected chi connectivity index (χ1v) is 8.51. The summed E-state index contributed by atoms with van der Waals surface area (Å²) in [5.41, 5.74) is 0.522. The Hall–Kier alpha value is -2.52. The van der Waals surface area contributed by atoms with Crippen LogP contribution < -0.4 is 10.6 Å². The van der Waals surface area contributed by atoms with Crippen molar-refractivity contribution >= 4 is 23.3 Å². The minimum absolute atomic E-state index is 0.0536. The molecule has 3 N–H and O–H groups in total. The zero-order valence-corrected chi connectivity index (χ0v) is 15.3. The van der Waals surface area contributed by atoms with Crippen molar-refractivity contribution in [3.05, 3.63) is 33.9 Å². The van der Waals surface area contributed by atoms with Gasteiger partial charge in [-0.3, -0.25) is 19.7 Å². The summed E-state index contributed by atoms with van der Waals surface area (Å²) < 4.78 is 0. The molecule has 0 aromatic heterocycles. The third-order valence-electron chi connectivity index (χ3n) is 4.02. The molecule has 0 radical (unpaired) electrons. The molecule has 0 unspecified atom stereocenters. The lowest BCUT2D eigenvalue weighted by molar-refractivity contribution is -0.384. The molecule has 26 heavy (non-hydrogen) atoms. The number of nitrogens with one attached hydrogen (secondary N) is 2. The number of aryl methyl sites for hydroxylation is 1. The summed E-state index contributed by atoms with van der Waals surface area (Å²) in [6, 6.07) is 3.37. The molecule has 144 valence electrons. The second-order valence-corrected chi connectivity index (χ2v) is 5.90. The van der Waals surface area contributed by atoms with Crippen LogP contribution in [0.4, 0.5) is 11.4 Å². The van der Waals surface area contributed by atoms with E-state index in [1.165, 1.54) is 12.1 Å². The summed E-state index contributed by atoms with van der Waals surface area (Å²) >= 11 is 0. The van der Waals surface area contributed by atoms with Crippen LogP contribution in [0.5, 0.6) is 0 Å². The van der Waals surface area contributed by atoms with E-state index >= 15 is 0 Å². The van der Waals surface area contributed by atoms with Gasteiger partial charge in [0, 0.05) is 19.2 Å². The SMILES string of the molecule is CCN(CC)CCN[C@H](CC(=O)Nc1ccc(C)cc1[N+](=O)[O-])C(=O)O. The predicted octanol–water partition coefficient (Wildman–Crippen LogP) is 1.62. The van der Waals surface area contributed by atoms with Gasteiger partial charge in [-0.15, -0.1) is 0 Å². The molecule has 0 bridgehead atoms. The minimum Gasteiger partial charge on any atom is -0.480 e. The van der Waals surface area contributed by atoms with Gasteiger partial charge in [-0.05, 0) is 31.6 Å². The molecule has 1 rings (SSSR count). The number of benzene rings is 1. The Morgan fingerprint density at radius 2 is 1.96 bits per heavy atom. The lowest BCUT2D eigenvalue weighted by Gasteiger charge is -2.20. The third kappa shape index (κ3) is 6.77. The number of carbonyl (C=O) groups excluding carboxylic acids is 1. The molecule has 1 aromatic rings. The van der Waals surface area contributed by atoms with Crippen molar-refractivity contribution in [1.29, 1.82) is 0 Å². The van der Waals surface area contributed by atoms with Crippen LogP contribution in [0.1, 0.15) is 25.8 Å². The van der Waals surface area contributed by atoms with E-state index in [0.29, 0.717) is 18.7 Å². The van der Waals surface area contributed by atoms with Crippen molar-refractivity contribution in [2.45, 2.75) is 33.2 Å². The van der Waals surface area contributed by atoms with Gasteiger partial charge in [-0.1, -0.05) is 19.9 Å². The maximum absolute atomic E-state index is 12.1. The second kappa shape index (κ2) is 10.5. The molecule has 0 aliphatic heterocycles. The molecule has 1 atom stereocenters. The first-order valence-electron chi connectivity index (χ1n) is 8.51. The largest absolute Gasteiger partial charge is 0.480 e. The van der Waals surface area contributed by atoms with E-state index in [0.717, 1.165) is 13.1 Å². The summed E-state index contributed by atoms with van der Waals surface area (Å²) in [7, 11) is 0. The number of amides is 1. The van der Waals surface area contributed by atoms with Crippen LogP contribution in [0.3, 0.4) is 0 Å². The molecule has 1 amide bonds. The van der Waals surface area contributed by atoms with Crippen molar-refractivity contribution in [1.82, 2.24) is 10.2 Å². The molecular formula is C17H26N4O5. The second-order valence-electron chi connectivity index (χ2n) is 5.90. The van der Waals surface area contributed by atoms with Gasteiger partial charge in [0.1, 0.15) is 11.7 Å². The van der Waals surface area contributed by atoms with Crippen LogP contribution in [0.15, 0.2) is 18.2 Å². The summed E-state index contributed by atoms with van der Waals surface area (Å²) in [5.74, 6) is -1.74. The Morgan fingerprint density at radius 3 is 2.50 bits per heavy atom. The molecule has 0 aliphatic rings. The van der Waals surface area contributed by atoms with Gasteiger partial charge in [0.15, 0.2) is 0 Å². The van der Waals surface area contributed by atoms with E-state index in [1.54, 1.807) is 13.0 Å². The number of hydrogen-bond donors (Lipinski definition) is 3. The molecule has 0 saturated carbocycles. The number of nitrogens with zero attached hydrogens (tertiary/aromatic N) is 2. The molecule has 0 aliphatic carbocycles. The van der Waals surface area contributed by atoms with Crippen LogP contribution >= 0.6 is 0 Å². The van der Waals surface area contributed by atoms with Crippen LogP contribution in [0, 0.1) is 17.0 Å². The zero-order chi connectivity index (χ0) is 19.7. The molecule has 0 saturated heterocycles. The lowest BCUT2D eigenvalue weighted by atomic mass is 10.1. The maximum Gasteiger partial charge on any atom is 0.321 e. The summed E-state index contributed by atoms with van der Waals surface area (Å²) in [6.07, 6.45) is -0.321. The molecule has 0 spiro atoms. The number of hydrogen-bond acceptors (Lipinski definition) is 6. The number of likely N-dealkylation sites (N-methyl/N-ethyl adjacent to an activating group) is 1. The smallest absolute Gasteiger partial charge is 0.321 e. The number of rotatable bonds is 11. The van der Waals surface area contributed by atoms with E-state index in [4.69, 9.17) is 0 Å².